The molecule has 31 heavy (non-hydrogen) atoms. The third-order valence-corrected chi connectivity index (χ3v) is 5.98. The zero-order valence-electron chi connectivity index (χ0n) is 18.0. The fourth-order valence-electron chi connectivity index (χ4n) is 4.44. The Balaban J connectivity index is 1.58. The van der Waals surface area contributed by atoms with Gasteiger partial charge in [-0.05, 0) is 48.4 Å². The zero-order valence-corrected chi connectivity index (χ0v) is 18.0. The van der Waals surface area contributed by atoms with Crippen LogP contribution < -0.4 is 0 Å². The molecule has 0 atom stereocenters. The summed E-state index contributed by atoms with van der Waals surface area (Å²) in [5.74, 6) is 0. The molecule has 3 heterocycles. The molecule has 2 aromatic carbocycles. The van der Waals surface area contributed by atoms with Gasteiger partial charge in [0.2, 0.25) is 0 Å². The number of nitrogens with zero attached hydrogens (tertiary/aromatic N) is 3. The Morgan fingerprint density at radius 1 is 0.806 bits per heavy atom. The summed E-state index contributed by atoms with van der Waals surface area (Å²) in [7, 11) is 0. The number of unbranched alkanes of at least 4 members (excludes halogenated alkanes) is 3. The molecule has 154 valence electrons. The highest BCUT2D eigenvalue weighted by atomic mass is 15.0. The summed E-state index contributed by atoms with van der Waals surface area (Å²) >= 11 is 0. The van der Waals surface area contributed by atoms with Gasteiger partial charge in [-0.1, -0.05) is 68.7 Å². The van der Waals surface area contributed by atoms with E-state index in [-0.39, 0.29) is 0 Å². The number of hydrogen-bond acceptors (Lipinski definition) is 2. The maximum atomic E-state index is 4.70. The third kappa shape index (κ3) is 3.84. The Hall–Kier alpha value is -3.46. The number of para-hydroxylation sites is 2. The molecule has 0 fully saturated rings. The van der Waals surface area contributed by atoms with Crippen molar-refractivity contribution >= 4 is 45.0 Å². The first-order valence-electron chi connectivity index (χ1n) is 11.2. The maximum Gasteiger partial charge on any atom is 0.159 e. The summed E-state index contributed by atoms with van der Waals surface area (Å²) in [6.45, 7) is 3.31. The number of aromatic nitrogens is 3. The average molecular weight is 406 g/mol. The molecule has 0 aliphatic carbocycles. The van der Waals surface area contributed by atoms with E-state index in [9.17, 15) is 0 Å². The molecule has 0 N–H and O–H groups in total. The summed E-state index contributed by atoms with van der Waals surface area (Å²) in [6, 6.07) is 23.5. The van der Waals surface area contributed by atoms with E-state index in [1.807, 2.05) is 12.1 Å². The van der Waals surface area contributed by atoms with Gasteiger partial charge >= 0.3 is 0 Å². The Morgan fingerprint density at radius 2 is 1.71 bits per heavy atom. The van der Waals surface area contributed by atoms with E-state index in [0.717, 1.165) is 23.3 Å². The summed E-state index contributed by atoms with van der Waals surface area (Å²) < 4.78 is 2.51. The van der Waals surface area contributed by atoms with E-state index in [2.05, 4.69) is 83.2 Å². The van der Waals surface area contributed by atoms with Gasteiger partial charge in [0.25, 0.3) is 0 Å². The lowest BCUT2D eigenvalue weighted by Gasteiger charge is -2.09. The maximum absolute atomic E-state index is 4.70. The van der Waals surface area contributed by atoms with Gasteiger partial charge in [-0.25, -0.2) is 9.97 Å². The van der Waals surface area contributed by atoms with Crippen molar-refractivity contribution in [3.8, 4) is 0 Å². The van der Waals surface area contributed by atoms with Crippen molar-refractivity contribution in [3.05, 3.63) is 84.2 Å². The molecule has 3 nitrogen and oxygen atoms in total. The van der Waals surface area contributed by atoms with Crippen LogP contribution in [0.3, 0.4) is 0 Å². The van der Waals surface area contributed by atoms with Crippen LogP contribution in [0.15, 0.2) is 72.9 Å². The highest BCUT2D eigenvalue weighted by Gasteiger charge is 2.12. The van der Waals surface area contributed by atoms with Crippen LogP contribution in [-0.4, -0.2) is 14.5 Å². The van der Waals surface area contributed by atoms with E-state index in [0.29, 0.717) is 0 Å². The molecule has 3 heteroatoms. The molecule has 0 aliphatic rings. The van der Waals surface area contributed by atoms with Gasteiger partial charge in [0.05, 0.1) is 11.2 Å². The molecule has 0 saturated heterocycles. The summed E-state index contributed by atoms with van der Waals surface area (Å²) in [6.07, 6.45) is 11.1. The normalized spacial score (nSPS) is 11.9. The van der Waals surface area contributed by atoms with Gasteiger partial charge < -0.3 is 4.57 Å². The Morgan fingerprint density at radius 3 is 2.65 bits per heavy atom. The quantitative estimate of drug-likeness (QED) is 0.263. The van der Waals surface area contributed by atoms with E-state index in [1.165, 1.54) is 53.1 Å². The minimum atomic E-state index is 0.785. The van der Waals surface area contributed by atoms with E-state index < -0.39 is 0 Å². The fraction of sp³-hybridized carbons (Fsp3) is 0.214. The van der Waals surface area contributed by atoms with Gasteiger partial charge in [-0.2, -0.15) is 0 Å². The van der Waals surface area contributed by atoms with Gasteiger partial charge in [0, 0.05) is 34.4 Å². The first-order chi connectivity index (χ1) is 15.3. The van der Waals surface area contributed by atoms with Crippen molar-refractivity contribution in [3.63, 3.8) is 0 Å². The second kappa shape index (κ2) is 8.73. The summed E-state index contributed by atoms with van der Waals surface area (Å²) in [5.41, 5.74) is 5.58. The number of hydrogen-bond donors (Lipinski definition) is 0. The SMILES string of the molecule is CCCCCCn1c2ccccc2c2cccc(C=Cc3ccc4cccnc4n3)c21. The van der Waals surface area contributed by atoms with Gasteiger partial charge in [-0.3, -0.25) is 0 Å². The topological polar surface area (TPSA) is 30.7 Å². The lowest BCUT2D eigenvalue weighted by molar-refractivity contribution is 0.602. The molecular formula is C28H27N3. The van der Waals surface area contributed by atoms with Crippen molar-refractivity contribution < 1.29 is 0 Å². The predicted octanol–water partition coefficient (Wildman–Crippen LogP) is 7.49. The van der Waals surface area contributed by atoms with Crippen molar-refractivity contribution in [2.75, 3.05) is 0 Å². The largest absolute Gasteiger partial charge is 0.340 e. The Kier molecular flexibility index (Phi) is 5.49. The number of benzene rings is 2. The lowest BCUT2D eigenvalue weighted by Crippen LogP contribution is -1.99. The zero-order chi connectivity index (χ0) is 21.0. The molecular weight excluding hydrogens is 378 g/mol. The van der Waals surface area contributed by atoms with Crippen LogP contribution in [-0.2, 0) is 6.54 Å². The standard InChI is InChI=1S/C28H27N3/c1-2-3-4-7-20-31-26-14-6-5-12-24(26)25-13-8-10-21(27(25)31)15-17-23-18-16-22-11-9-19-29-28(22)30-23/h5-6,8-19H,2-4,7,20H2,1H3. The van der Waals surface area contributed by atoms with E-state index in [4.69, 9.17) is 4.98 Å². The van der Waals surface area contributed by atoms with Crippen molar-refractivity contribution in [1.29, 1.82) is 0 Å². The molecule has 5 aromatic rings. The minimum absolute atomic E-state index is 0.785. The van der Waals surface area contributed by atoms with Crippen molar-refractivity contribution in [1.82, 2.24) is 14.5 Å². The van der Waals surface area contributed by atoms with Crippen LogP contribution in [0.4, 0.5) is 0 Å². The molecule has 3 aromatic heterocycles. The summed E-state index contributed by atoms with van der Waals surface area (Å²) in [5, 5.41) is 3.71. The van der Waals surface area contributed by atoms with Gasteiger partial charge in [-0.15, -0.1) is 0 Å². The third-order valence-electron chi connectivity index (χ3n) is 5.98. The van der Waals surface area contributed by atoms with Crippen LogP contribution >= 0.6 is 0 Å². The first-order valence-corrected chi connectivity index (χ1v) is 11.2. The minimum Gasteiger partial charge on any atom is -0.340 e. The Bertz CT molecular complexity index is 1380. The molecule has 0 amide bonds. The molecule has 0 spiro atoms. The van der Waals surface area contributed by atoms with Crippen LogP contribution in [0, 0.1) is 0 Å². The predicted molar refractivity (Wildman–Crippen MR) is 132 cm³/mol. The number of fused-ring (bicyclic) bond motifs is 4. The number of aryl methyl sites for hydroxylation is 1. The van der Waals surface area contributed by atoms with Crippen molar-refractivity contribution in [2.45, 2.75) is 39.2 Å². The summed E-state index contributed by atoms with van der Waals surface area (Å²) in [4.78, 5) is 9.09. The average Bonchev–Trinajstić information content (AvgIpc) is 3.15. The lowest BCUT2D eigenvalue weighted by atomic mass is 10.1. The molecule has 0 bridgehead atoms. The fourth-order valence-corrected chi connectivity index (χ4v) is 4.44. The Labute approximate surface area is 183 Å². The van der Waals surface area contributed by atoms with Crippen LogP contribution in [0.2, 0.25) is 0 Å². The number of rotatable bonds is 7. The van der Waals surface area contributed by atoms with Crippen LogP contribution in [0.5, 0.6) is 0 Å². The van der Waals surface area contributed by atoms with Crippen molar-refractivity contribution in [2.24, 2.45) is 0 Å². The number of pyridine rings is 2. The second-order valence-corrected chi connectivity index (χ2v) is 8.09. The van der Waals surface area contributed by atoms with Gasteiger partial charge in [0.1, 0.15) is 0 Å². The monoisotopic (exact) mass is 405 g/mol. The first kappa shape index (κ1) is 19.5. The van der Waals surface area contributed by atoms with Crippen LogP contribution in [0.25, 0.3) is 45.0 Å². The molecule has 0 unspecified atom stereocenters. The molecule has 0 aliphatic heterocycles. The molecule has 5 rings (SSSR count). The highest BCUT2D eigenvalue weighted by molar-refractivity contribution is 6.10. The van der Waals surface area contributed by atoms with Crippen LogP contribution in [0.1, 0.15) is 43.9 Å². The van der Waals surface area contributed by atoms with Gasteiger partial charge in [0.15, 0.2) is 5.65 Å². The van der Waals surface area contributed by atoms with E-state index >= 15 is 0 Å². The smallest absolute Gasteiger partial charge is 0.159 e. The van der Waals surface area contributed by atoms with E-state index in [1.54, 1.807) is 6.20 Å². The molecule has 0 radical (unpaired) electrons. The second-order valence-electron chi connectivity index (χ2n) is 8.09. The molecule has 0 saturated carbocycles. The highest BCUT2D eigenvalue weighted by Crippen LogP contribution is 2.32.